The molecule has 3 aromatic rings. The van der Waals surface area contributed by atoms with Gasteiger partial charge in [0.15, 0.2) is 0 Å². The number of aryl methyl sites for hydroxylation is 1. The summed E-state index contributed by atoms with van der Waals surface area (Å²) in [5.74, 6) is -2.85. The maximum atomic E-state index is 15.0. The monoisotopic (exact) mass is 464 g/mol. The third kappa shape index (κ3) is 3.76. The number of benzene rings is 1. The second-order valence-corrected chi connectivity index (χ2v) is 8.58. The predicted octanol–water partition coefficient (Wildman–Crippen LogP) is -0.0791. The minimum atomic E-state index is -1.09. The van der Waals surface area contributed by atoms with Crippen molar-refractivity contribution < 1.29 is 28.7 Å². The lowest BCUT2D eigenvalue weighted by atomic mass is 9.96. The highest BCUT2D eigenvalue weighted by molar-refractivity contribution is 6.46. The second kappa shape index (κ2) is 9.00. The first-order valence-corrected chi connectivity index (χ1v) is 11.3. The molecule has 5 rings (SSSR count). The van der Waals surface area contributed by atoms with Gasteiger partial charge in [-0.3, -0.25) is 9.59 Å². The second-order valence-electron chi connectivity index (χ2n) is 8.58. The molecule has 176 valence electrons. The van der Waals surface area contributed by atoms with Gasteiger partial charge in [0, 0.05) is 17.3 Å². The highest BCUT2D eigenvalue weighted by atomic mass is 19.1. The molecule has 1 atom stereocenters. The van der Waals surface area contributed by atoms with E-state index in [1.54, 1.807) is 41.8 Å². The molecule has 2 fully saturated rings. The molecule has 1 aromatic carbocycles. The number of nitrogens with zero attached hydrogens (tertiary/aromatic N) is 3. The number of pyridine rings is 1. The molecule has 34 heavy (non-hydrogen) atoms. The fourth-order valence-corrected chi connectivity index (χ4v) is 4.82. The number of nitrogens with one attached hydrogen (secondary N) is 1. The van der Waals surface area contributed by atoms with Crippen LogP contribution in [0.3, 0.4) is 0 Å². The van der Waals surface area contributed by atoms with Gasteiger partial charge in [0.05, 0.1) is 43.7 Å². The van der Waals surface area contributed by atoms with Crippen LogP contribution in [-0.2, 0) is 14.3 Å². The molecule has 1 N–H and O–H groups in total. The number of Topliss-reactive ketones (excluding diaryl/α,β-unsaturated/α-hetero) is 1. The lowest BCUT2D eigenvalue weighted by Gasteiger charge is -2.30. The molecule has 0 saturated carbocycles. The Morgan fingerprint density at radius 1 is 1.18 bits per heavy atom. The number of carbonyl (C=O) groups excluding carboxylic acids is 2. The van der Waals surface area contributed by atoms with Crippen molar-refractivity contribution in [3.8, 4) is 0 Å². The van der Waals surface area contributed by atoms with Crippen LogP contribution in [0.15, 0.2) is 54.2 Å². The average molecular weight is 464 g/mol. The summed E-state index contributed by atoms with van der Waals surface area (Å²) in [6, 6.07) is 10.2. The quantitative estimate of drug-likeness (QED) is 0.324. The van der Waals surface area contributed by atoms with Crippen molar-refractivity contribution in [2.24, 2.45) is 0 Å². The molecular weight excluding hydrogens is 439 g/mol. The van der Waals surface area contributed by atoms with E-state index in [4.69, 9.17) is 4.74 Å². The molecule has 2 saturated heterocycles. The SMILES string of the molecule is Cc1nc2ccccn2c1C([O-])=C1C(=O)C(=O)N(CC[NH+]2CCOCC2)C1c1ccccc1F. The van der Waals surface area contributed by atoms with Gasteiger partial charge in [0.25, 0.3) is 5.91 Å². The van der Waals surface area contributed by atoms with Gasteiger partial charge in [0.1, 0.15) is 24.6 Å². The van der Waals surface area contributed by atoms with Gasteiger partial charge in [-0.1, -0.05) is 30.0 Å². The normalized spacial score (nSPS) is 21.0. The Morgan fingerprint density at radius 3 is 2.68 bits per heavy atom. The Labute approximate surface area is 195 Å². The number of fused-ring (bicyclic) bond motifs is 1. The van der Waals surface area contributed by atoms with Crippen molar-refractivity contribution in [1.82, 2.24) is 14.3 Å². The summed E-state index contributed by atoms with van der Waals surface area (Å²) in [4.78, 5) is 33.3. The topological polar surface area (TPSA) is 91.4 Å². The van der Waals surface area contributed by atoms with Gasteiger partial charge in [-0.15, -0.1) is 0 Å². The largest absolute Gasteiger partial charge is 0.871 e. The average Bonchev–Trinajstić information content (AvgIpc) is 3.31. The molecular formula is C25H25FN4O4. The van der Waals surface area contributed by atoms with Crippen LogP contribution in [-0.4, -0.2) is 65.4 Å². The van der Waals surface area contributed by atoms with Gasteiger partial charge in [-0.2, -0.15) is 0 Å². The first-order valence-electron chi connectivity index (χ1n) is 11.3. The standard InChI is InChI=1S/C25H25FN4O4/c1-16-21(29-9-5-4-8-19(29)27-16)23(31)20-22(17-6-2-3-7-18(17)26)30(25(33)24(20)32)11-10-28-12-14-34-15-13-28/h2-9,22,31H,10-15H2,1H3. The van der Waals surface area contributed by atoms with Crippen LogP contribution >= 0.6 is 0 Å². The zero-order valence-corrected chi connectivity index (χ0v) is 18.8. The van der Waals surface area contributed by atoms with E-state index < -0.39 is 29.3 Å². The predicted molar refractivity (Wildman–Crippen MR) is 119 cm³/mol. The van der Waals surface area contributed by atoms with Crippen LogP contribution in [0.2, 0.25) is 0 Å². The summed E-state index contributed by atoms with van der Waals surface area (Å²) in [7, 11) is 0. The van der Waals surface area contributed by atoms with E-state index >= 15 is 0 Å². The molecule has 4 heterocycles. The van der Waals surface area contributed by atoms with Crippen LogP contribution < -0.4 is 10.0 Å². The Kier molecular flexibility index (Phi) is 5.89. The number of quaternary nitrogens is 1. The number of ether oxygens (including phenoxy) is 1. The van der Waals surface area contributed by atoms with Gasteiger partial charge >= 0.3 is 0 Å². The van der Waals surface area contributed by atoms with Crippen molar-refractivity contribution in [2.45, 2.75) is 13.0 Å². The maximum absolute atomic E-state index is 15.0. The van der Waals surface area contributed by atoms with Gasteiger partial charge in [0.2, 0.25) is 5.78 Å². The van der Waals surface area contributed by atoms with E-state index in [1.807, 2.05) is 0 Å². The molecule has 0 radical (unpaired) electrons. The fourth-order valence-electron chi connectivity index (χ4n) is 4.82. The lowest BCUT2D eigenvalue weighted by Crippen LogP contribution is -3.14. The van der Waals surface area contributed by atoms with Crippen LogP contribution in [0, 0.1) is 12.7 Å². The number of morpholine rings is 1. The highest BCUT2D eigenvalue weighted by Gasteiger charge is 2.45. The number of likely N-dealkylation sites (tertiary alicyclic amines) is 1. The van der Waals surface area contributed by atoms with E-state index in [9.17, 15) is 19.1 Å². The minimum Gasteiger partial charge on any atom is -0.871 e. The molecule has 0 bridgehead atoms. The van der Waals surface area contributed by atoms with Crippen molar-refractivity contribution in [2.75, 3.05) is 39.4 Å². The number of aromatic nitrogens is 2. The number of imidazole rings is 1. The Hall–Kier alpha value is -3.56. The molecule has 2 aromatic heterocycles. The molecule has 1 unspecified atom stereocenters. The Morgan fingerprint density at radius 2 is 1.91 bits per heavy atom. The first-order chi connectivity index (χ1) is 16.5. The van der Waals surface area contributed by atoms with Crippen molar-refractivity contribution in [3.05, 3.63) is 77.0 Å². The summed E-state index contributed by atoms with van der Waals surface area (Å²) in [6.07, 6.45) is 1.68. The summed E-state index contributed by atoms with van der Waals surface area (Å²) < 4.78 is 22.0. The van der Waals surface area contributed by atoms with Crippen molar-refractivity contribution >= 4 is 23.1 Å². The number of halogens is 1. The maximum Gasteiger partial charge on any atom is 0.295 e. The summed E-state index contributed by atoms with van der Waals surface area (Å²) >= 11 is 0. The lowest BCUT2D eigenvalue weighted by molar-refractivity contribution is -0.907. The summed E-state index contributed by atoms with van der Waals surface area (Å²) in [5, 5.41) is 13.8. The summed E-state index contributed by atoms with van der Waals surface area (Å²) in [6.45, 7) is 5.31. The molecule has 9 heteroatoms. The molecule has 2 aliphatic rings. The van der Waals surface area contributed by atoms with Crippen LogP contribution in [0.25, 0.3) is 11.4 Å². The Bertz CT molecular complexity index is 1300. The Balaban J connectivity index is 1.62. The van der Waals surface area contributed by atoms with Crippen molar-refractivity contribution in [1.29, 1.82) is 0 Å². The third-order valence-electron chi connectivity index (χ3n) is 6.55. The highest BCUT2D eigenvalue weighted by Crippen LogP contribution is 2.39. The van der Waals surface area contributed by atoms with Gasteiger partial charge < -0.3 is 24.0 Å². The number of rotatable bonds is 5. The van der Waals surface area contributed by atoms with Gasteiger partial charge in [-0.25, -0.2) is 9.37 Å². The van der Waals surface area contributed by atoms with E-state index in [-0.39, 0.29) is 23.4 Å². The third-order valence-corrected chi connectivity index (χ3v) is 6.55. The van der Waals surface area contributed by atoms with E-state index in [0.717, 1.165) is 13.1 Å². The van der Waals surface area contributed by atoms with E-state index in [2.05, 4.69) is 4.98 Å². The number of amides is 1. The molecule has 2 aliphatic heterocycles. The first kappa shape index (κ1) is 22.2. The fraction of sp³-hybridized carbons (Fsp3) is 0.320. The number of hydrogen-bond acceptors (Lipinski definition) is 5. The van der Waals surface area contributed by atoms with E-state index in [0.29, 0.717) is 31.1 Å². The molecule has 0 spiro atoms. The number of carbonyl (C=O) groups is 2. The van der Waals surface area contributed by atoms with Crippen LogP contribution in [0.5, 0.6) is 0 Å². The van der Waals surface area contributed by atoms with Crippen LogP contribution in [0.4, 0.5) is 4.39 Å². The molecule has 0 aliphatic carbocycles. The minimum absolute atomic E-state index is 0.133. The summed E-state index contributed by atoms with van der Waals surface area (Å²) in [5.41, 5.74) is 1.09. The van der Waals surface area contributed by atoms with E-state index in [1.165, 1.54) is 28.0 Å². The zero-order chi connectivity index (χ0) is 23.8. The van der Waals surface area contributed by atoms with Crippen molar-refractivity contribution in [3.63, 3.8) is 0 Å². The number of ketones is 1. The number of hydrogen-bond donors (Lipinski definition) is 1. The van der Waals surface area contributed by atoms with Crippen LogP contribution in [0.1, 0.15) is 23.0 Å². The smallest absolute Gasteiger partial charge is 0.295 e. The van der Waals surface area contributed by atoms with Gasteiger partial charge in [-0.05, 0) is 25.1 Å². The molecule has 1 amide bonds. The zero-order valence-electron chi connectivity index (χ0n) is 18.8. The molecule has 8 nitrogen and oxygen atoms in total.